The Balaban J connectivity index is 2.05. The minimum Gasteiger partial charge on any atom is -0.357 e. The molecule has 2 rings (SSSR count). The number of alkyl halides is 1. The maximum atomic E-state index is 5.69. The molecule has 0 saturated carbocycles. The summed E-state index contributed by atoms with van der Waals surface area (Å²) in [4.78, 5) is 0. The van der Waals surface area contributed by atoms with Crippen LogP contribution in [-0.2, 0) is 10.6 Å². The van der Waals surface area contributed by atoms with Crippen molar-refractivity contribution in [2.45, 2.75) is 31.4 Å². The van der Waals surface area contributed by atoms with Crippen molar-refractivity contribution in [3.8, 4) is 0 Å². The fourth-order valence-corrected chi connectivity index (χ4v) is 1.67. The number of hydrogen-bond acceptors (Lipinski definition) is 2. The van der Waals surface area contributed by atoms with Crippen molar-refractivity contribution in [1.82, 2.24) is 9.78 Å². The third-order valence-corrected chi connectivity index (χ3v) is 2.57. The number of halogens is 1. The molecule has 1 atom stereocenters. The van der Waals surface area contributed by atoms with Gasteiger partial charge in [-0.1, -0.05) is 0 Å². The van der Waals surface area contributed by atoms with Crippen LogP contribution in [0.15, 0.2) is 12.4 Å². The van der Waals surface area contributed by atoms with E-state index in [1.54, 1.807) is 6.20 Å². The van der Waals surface area contributed by atoms with Gasteiger partial charge in [-0.3, -0.25) is 0 Å². The maximum Gasteiger partial charge on any atom is 0.150 e. The summed E-state index contributed by atoms with van der Waals surface area (Å²) in [7, 11) is 0. The molecule has 2 heterocycles. The lowest BCUT2D eigenvalue weighted by Gasteiger charge is -2.22. The van der Waals surface area contributed by atoms with Gasteiger partial charge in [-0.15, -0.1) is 11.6 Å². The highest BCUT2D eigenvalue weighted by Crippen LogP contribution is 2.21. The Morgan fingerprint density at radius 3 is 3.15 bits per heavy atom. The van der Waals surface area contributed by atoms with E-state index in [0.717, 1.165) is 18.6 Å². The van der Waals surface area contributed by atoms with Crippen LogP contribution in [0, 0.1) is 0 Å². The molecule has 0 unspecified atom stereocenters. The van der Waals surface area contributed by atoms with Crippen molar-refractivity contribution in [1.29, 1.82) is 0 Å². The highest BCUT2D eigenvalue weighted by Gasteiger charge is 2.15. The van der Waals surface area contributed by atoms with Crippen LogP contribution in [0.3, 0.4) is 0 Å². The first-order chi connectivity index (χ1) is 6.40. The van der Waals surface area contributed by atoms with Crippen molar-refractivity contribution in [3.63, 3.8) is 0 Å². The van der Waals surface area contributed by atoms with Crippen LogP contribution < -0.4 is 0 Å². The van der Waals surface area contributed by atoms with Gasteiger partial charge < -0.3 is 4.74 Å². The molecule has 1 fully saturated rings. The Morgan fingerprint density at radius 2 is 2.54 bits per heavy atom. The van der Waals surface area contributed by atoms with Crippen LogP contribution in [-0.4, -0.2) is 16.4 Å². The smallest absolute Gasteiger partial charge is 0.150 e. The lowest BCUT2D eigenvalue weighted by Crippen LogP contribution is -2.18. The van der Waals surface area contributed by atoms with Crippen molar-refractivity contribution < 1.29 is 4.74 Å². The average molecular weight is 201 g/mol. The fraction of sp³-hybridized carbons (Fsp3) is 0.667. The third-order valence-electron chi connectivity index (χ3n) is 2.26. The highest BCUT2D eigenvalue weighted by molar-refractivity contribution is 6.17. The van der Waals surface area contributed by atoms with Crippen molar-refractivity contribution in [2.24, 2.45) is 0 Å². The summed E-state index contributed by atoms with van der Waals surface area (Å²) in [5.41, 5.74) is 1.05. The molecule has 0 aromatic carbocycles. The van der Waals surface area contributed by atoms with Gasteiger partial charge in [-0.2, -0.15) is 5.10 Å². The fourth-order valence-electron chi connectivity index (χ4n) is 1.54. The Bertz CT molecular complexity index is 268. The molecule has 0 aliphatic carbocycles. The van der Waals surface area contributed by atoms with Gasteiger partial charge in [0.1, 0.15) is 6.23 Å². The van der Waals surface area contributed by atoms with Crippen LogP contribution in [0.1, 0.15) is 31.1 Å². The Labute approximate surface area is 82.6 Å². The van der Waals surface area contributed by atoms with E-state index in [4.69, 9.17) is 16.3 Å². The predicted octanol–water partition coefficient (Wildman–Crippen LogP) is 2.32. The molecule has 1 aromatic rings. The first-order valence-electron chi connectivity index (χ1n) is 4.61. The molecule has 0 spiro atoms. The van der Waals surface area contributed by atoms with Crippen molar-refractivity contribution in [3.05, 3.63) is 18.0 Å². The zero-order valence-electron chi connectivity index (χ0n) is 7.45. The van der Waals surface area contributed by atoms with Crippen LogP contribution in [0.4, 0.5) is 0 Å². The second kappa shape index (κ2) is 4.11. The van der Waals surface area contributed by atoms with E-state index in [2.05, 4.69) is 5.10 Å². The number of hydrogen-bond donors (Lipinski definition) is 0. The van der Waals surface area contributed by atoms with Crippen LogP contribution in [0.5, 0.6) is 0 Å². The van der Waals surface area contributed by atoms with E-state index in [9.17, 15) is 0 Å². The Hall–Kier alpha value is -0.540. The largest absolute Gasteiger partial charge is 0.357 e. The highest BCUT2D eigenvalue weighted by atomic mass is 35.5. The van der Waals surface area contributed by atoms with E-state index in [1.165, 1.54) is 12.8 Å². The van der Waals surface area contributed by atoms with Gasteiger partial charge in [0.15, 0.2) is 0 Å². The molecule has 1 aliphatic rings. The van der Waals surface area contributed by atoms with E-state index in [1.807, 2.05) is 10.9 Å². The van der Waals surface area contributed by atoms with Gasteiger partial charge in [0.05, 0.1) is 12.1 Å². The summed E-state index contributed by atoms with van der Waals surface area (Å²) in [5.74, 6) is 0.521. The second-order valence-electron chi connectivity index (χ2n) is 3.28. The Morgan fingerprint density at radius 1 is 1.62 bits per heavy atom. The van der Waals surface area contributed by atoms with Gasteiger partial charge in [-0.05, 0) is 19.3 Å². The molecule has 13 heavy (non-hydrogen) atoms. The van der Waals surface area contributed by atoms with Gasteiger partial charge in [0.2, 0.25) is 0 Å². The summed E-state index contributed by atoms with van der Waals surface area (Å²) < 4.78 is 7.45. The normalized spacial score (nSPS) is 23.3. The molecule has 4 heteroatoms. The molecular weight excluding hydrogens is 188 g/mol. The van der Waals surface area contributed by atoms with E-state index in [0.29, 0.717) is 5.88 Å². The standard InChI is InChI=1S/C9H13ClN2O/c10-5-8-6-11-12(7-8)9-3-1-2-4-13-9/h6-7,9H,1-5H2/t9-/m1/s1. The number of aromatic nitrogens is 2. The average Bonchev–Trinajstić information content (AvgIpc) is 2.67. The summed E-state index contributed by atoms with van der Waals surface area (Å²) in [6, 6.07) is 0. The first-order valence-corrected chi connectivity index (χ1v) is 5.14. The molecule has 0 amide bonds. The summed E-state index contributed by atoms with van der Waals surface area (Å²) in [6.07, 6.45) is 7.34. The molecule has 0 N–H and O–H groups in total. The molecule has 0 radical (unpaired) electrons. The second-order valence-corrected chi connectivity index (χ2v) is 3.55. The maximum absolute atomic E-state index is 5.69. The molecule has 1 aromatic heterocycles. The van der Waals surface area contributed by atoms with Gasteiger partial charge in [-0.25, -0.2) is 4.68 Å². The van der Waals surface area contributed by atoms with Crippen LogP contribution in [0.25, 0.3) is 0 Å². The zero-order chi connectivity index (χ0) is 9.10. The minimum atomic E-state index is 0.130. The van der Waals surface area contributed by atoms with Crippen LogP contribution in [0.2, 0.25) is 0 Å². The first kappa shape index (κ1) is 9.03. The third kappa shape index (κ3) is 2.03. The lowest BCUT2D eigenvalue weighted by atomic mass is 10.2. The zero-order valence-corrected chi connectivity index (χ0v) is 8.20. The Kier molecular flexibility index (Phi) is 2.86. The number of nitrogens with zero attached hydrogens (tertiary/aromatic N) is 2. The monoisotopic (exact) mass is 200 g/mol. The lowest BCUT2D eigenvalue weighted by molar-refractivity contribution is -0.0395. The van der Waals surface area contributed by atoms with Gasteiger partial charge in [0.25, 0.3) is 0 Å². The van der Waals surface area contributed by atoms with Gasteiger partial charge >= 0.3 is 0 Å². The number of rotatable bonds is 2. The molecular formula is C9H13ClN2O. The van der Waals surface area contributed by atoms with Gasteiger partial charge in [0, 0.05) is 18.4 Å². The van der Waals surface area contributed by atoms with E-state index >= 15 is 0 Å². The van der Waals surface area contributed by atoms with Crippen molar-refractivity contribution >= 4 is 11.6 Å². The topological polar surface area (TPSA) is 27.1 Å². The molecule has 3 nitrogen and oxygen atoms in total. The summed E-state index contributed by atoms with van der Waals surface area (Å²) in [5, 5.41) is 4.22. The van der Waals surface area contributed by atoms with Crippen molar-refractivity contribution in [2.75, 3.05) is 6.61 Å². The van der Waals surface area contributed by atoms with E-state index in [-0.39, 0.29) is 6.23 Å². The molecule has 1 aliphatic heterocycles. The number of ether oxygens (including phenoxy) is 1. The SMILES string of the molecule is ClCc1cnn([C@H]2CCCCO2)c1. The minimum absolute atomic E-state index is 0.130. The van der Waals surface area contributed by atoms with E-state index < -0.39 is 0 Å². The van der Waals surface area contributed by atoms with Crippen LogP contribution >= 0.6 is 11.6 Å². The molecule has 0 bridgehead atoms. The molecule has 1 saturated heterocycles. The molecule has 72 valence electrons. The quantitative estimate of drug-likeness (QED) is 0.686. The predicted molar refractivity (Wildman–Crippen MR) is 50.6 cm³/mol. The summed E-state index contributed by atoms with van der Waals surface area (Å²) >= 11 is 5.69. The summed E-state index contributed by atoms with van der Waals surface area (Å²) in [6.45, 7) is 0.848.